The van der Waals surface area contributed by atoms with Crippen molar-refractivity contribution in [3.05, 3.63) is 18.2 Å². The van der Waals surface area contributed by atoms with Crippen molar-refractivity contribution in [2.75, 3.05) is 34.0 Å². The highest BCUT2D eigenvalue weighted by atomic mass is 16.5. The maximum absolute atomic E-state index is 6.06. The highest BCUT2D eigenvalue weighted by molar-refractivity contribution is 5.42. The van der Waals surface area contributed by atoms with Gasteiger partial charge in [-0.1, -0.05) is 6.92 Å². The normalized spacial score (nSPS) is 22.4. The lowest BCUT2D eigenvalue weighted by atomic mass is 10.1. The molecule has 5 heteroatoms. The fourth-order valence-corrected chi connectivity index (χ4v) is 2.35. The molecule has 2 unspecified atom stereocenters. The molecule has 1 N–H and O–H groups in total. The molecule has 0 aliphatic carbocycles. The molecule has 1 aliphatic heterocycles. The molecule has 2 atom stereocenters. The minimum Gasteiger partial charge on any atom is -0.496 e. The molecule has 0 saturated carbocycles. The van der Waals surface area contributed by atoms with Crippen LogP contribution in [-0.4, -0.2) is 46.1 Å². The zero-order chi connectivity index (χ0) is 14.4. The third kappa shape index (κ3) is 3.77. The van der Waals surface area contributed by atoms with Gasteiger partial charge in [-0.3, -0.25) is 0 Å². The van der Waals surface area contributed by atoms with Crippen molar-refractivity contribution in [1.82, 2.24) is 5.32 Å². The van der Waals surface area contributed by atoms with Gasteiger partial charge in [-0.15, -0.1) is 0 Å². The molecule has 1 aromatic carbocycles. The van der Waals surface area contributed by atoms with Crippen LogP contribution in [0.2, 0.25) is 0 Å². The second kappa shape index (κ2) is 7.36. The quantitative estimate of drug-likeness (QED) is 0.862. The van der Waals surface area contributed by atoms with Crippen molar-refractivity contribution in [1.29, 1.82) is 0 Å². The van der Waals surface area contributed by atoms with Crippen LogP contribution in [0, 0.1) is 0 Å². The lowest BCUT2D eigenvalue weighted by molar-refractivity contribution is -0.0144. The predicted octanol–water partition coefficient (Wildman–Crippen LogP) is 1.85. The Morgan fingerprint density at radius 2 is 1.80 bits per heavy atom. The fraction of sp³-hybridized carbons (Fsp3) is 0.600. The van der Waals surface area contributed by atoms with Crippen LogP contribution in [0.1, 0.15) is 13.3 Å². The van der Waals surface area contributed by atoms with Crippen LogP contribution in [0.4, 0.5) is 0 Å². The Labute approximate surface area is 120 Å². The van der Waals surface area contributed by atoms with E-state index in [-0.39, 0.29) is 6.10 Å². The van der Waals surface area contributed by atoms with E-state index in [0.717, 1.165) is 36.8 Å². The van der Waals surface area contributed by atoms with E-state index in [4.69, 9.17) is 18.9 Å². The number of benzene rings is 1. The molecule has 1 aliphatic rings. The van der Waals surface area contributed by atoms with E-state index in [1.165, 1.54) is 0 Å². The first-order valence-electron chi connectivity index (χ1n) is 6.97. The third-order valence-corrected chi connectivity index (χ3v) is 3.38. The molecule has 1 heterocycles. The Morgan fingerprint density at radius 1 is 1.15 bits per heavy atom. The van der Waals surface area contributed by atoms with Crippen molar-refractivity contribution in [3.63, 3.8) is 0 Å². The Bertz CT molecular complexity index is 400. The maximum Gasteiger partial charge on any atom is 0.137 e. The van der Waals surface area contributed by atoms with Gasteiger partial charge in [0.1, 0.15) is 23.4 Å². The van der Waals surface area contributed by atoms with Gasteiger partial charge in [0.15, 0.2) is 0 Å². The van der Waals surface area contributed by atoms with Crippen LogP contribution in [0.5, 0.6) is 17.2 Å². The van der Waals surface area contributed by atoms with Crippen LogP contribution >= 0.6 is 0 Å². The van der Waals surface area contributed by atoms with E-state index in [9.17, 15) is 0 Å². The van der Waals surface area contributed by atoms with Gasteiger partial charge in [0.05, 0.1) is 20.8 Å². The first kappa shape index (κ1) is 14.9. The highest BCUT2D eigenvalue weighted by Gasteiger charge is 2.27. The van der Waals surface area contributed by atoms with Gasteiger partial charge in [0.2, 0.25) is 0 Å². The summed E-state index contributed by atoms with van der Waals surface area (Å²) in [6.07, 6.45) is 0.958. The first-order valence-corrected chi connectivity index (χ1v) is 6.97. The van der Waals surface area contributed by atoms with Crippen molar-refractivity contribution < 1.29 is 18.9 Å². The lowest BCUT2D eigenvalue weighted by Gasteiger charge is -2.32. The molecule has 5 nitrogen and oxygen atoms in total. The van der Waals surface area contributed by atoms with E-state index in [2.05, 4.69) is 12.2 Å². The van der Waals surface area contributed by atoms with Gasteiger partial charge in [0.25, 0.3) is 0 Å². The average Bonchev–Trinajstić information content (AvgIpc) is 2.49. The topological polar surface area (TPSA) is 49.0 Å². The minimum atomic E-state index is 0.000474. The molecule has 0 radical (unpaired) electrons. The van der Waals surface area contributed by atoms with Crippen LogP contribution in [0.15, 0.2) is 18.2 Å². The largest absolute Gasteiger partial charge is 0.496 e. The molecule has 20 heavy (non-hydrogen) atoms. The zero-order valence-electron chi connectivity index (χ0n) is 12.3. The SMILES string of the molecule is CCNC1CCOCC1Oc1cc(OC)cc(OC)c1. The van der Waals surface area contributed by atoms with E-state index in [0.29, 0.717) is 12.6 Å². The average molecular weight is 281 g/mol. The van der Waals surface area contributed by atoms with Crippen molar-refractivity contribution in [2.45, 2.75) is 25.5 Å². The minimum absolute atomic E-state index is 0.000474. The Hall–Kier alpha value is -1.46. The van der Waals surface area contributed by atoms with Crippen molar-refractivity contribution >= 4 is 0 Å². The second-order valence-corrected chi connectivity index (χ2v) is 4.73. The summed E-state index contributed by atoms with van der Waals surface area (Å²) in [6.45, 7) is 4.39. The van der Waals surface area contributed by atoms with Crippen molar-refractivity contribution in [2.24, 2.45) is 0 Å². The Kier molecular flexibility index (Phi) is 5.49. The van der Waals surface area contributed by atoms with E-state index in [1.54, 1.807) is 14.2 Å². The molecule has 0 aromatic heterocycles. The van der Waals surface area contributed by atoms with Crippen LogP contribution in [0.25, 0.3) is 0 Å². The number of likely N-dealkylation sites (N-methyl/N-ethyl adjacent to an activating group) is 1. The van der Waals surface area contributed by atoms with Crippen LogP contribution in [0.3, 0.4) is 0 Å². The van der Waals surface area contributed by atoms with Gasteiger partial charge in [-0.25, -0.2) is 0 Å². The number of hydrogen-bond donors (Lipinski definition) is 1. The van der Waals surface area contributed by atoms with E-state index >= 15 is 0 Å². The van der Waals surface area contributed by atoms with Gasteiger partial charge in [0, 0.05) is 30.8 Å². The number of methoxy groups -OCH3 is 2. The monoisotopic (exact) mass is 281 g/mol. The van der Waals surface area contributed by atoms with Gasteiger partial charge >= 0.3 is 0 Å². The standard InChI is InChI=1S/C15H23NO4/c1-4-16-14-5-6-19-10-15(14)20-13-8-11(17-2)7-12(9-13)18-3/h7-9,14-16H,4-6,10H2,1-3H3. The summed E-state index contributed by atoms with van der Waals surface area (Å²) in [5.41, 5.74) is 0. The summed E-state index contributed by atoms with van der Waals surface area (Å²) in [7, 11) is 3.26. The predicted molar refractivity (Wildman–Crippen MR) is 76.9 cm³/mol. The second-order valence-electron chi connectivity index (χ2n) is 4.73. The molecule has 0 amide bonds. The highest BCUT2D eigenvalue weighted by Crippen LogP contribution is 2.29. The molecule has 112 valence electrons. The molecule has 0 bridgehead atoms. The van der Waals surface area contributed by atoms with Gasteiger partial charge in [-0.05, 0) is 13.0 Å². The smallest absolute Gasteiger partial charge is 0.137 e. The maximum atomic E-state index is 6.06. The lowest BCUT2D eigenvalue weighted by Crippen LogP contribution is -2.49. The molecular formula is C15H23NO4. The Balaban J connectivity index is 2.10. The Morgan fingerprint density at radius 3 is 2.40 bits per heavy atom. The summed E-state index contributed by atoms with van der Waals surface area (Å²) in [6, 6.07) is 5.86. The third-order valence-electron chi connectivity index (χ3n) is 3.38. The summed E-state index contributed by atoms with van der Waals surface area (Å²) in [5, 5.41) is 3.44. The van der Waals surface area contributed by atoms with Crippen LogP contribution in [-0.2, 0) is 4.74 Å². The van der Waals surface area contributed by atoms with Crippen molar-refractivity contribution in [3.8, 4) is 17.2 Å². The molecule has 2 rings (SSSR count). The van der Waals surface area contributed by atoms with E-state index < -0.39 is 0 Å². The molecule has 1 fully saturated rings. The molecule has 0 spiro atoms. The number of rotatable bonds is 6. The summed E-state index contributed by atoms with van der Waals surface area (Å²) < 4.78 is 22.1. The van der Waals surface area contributed by atoms with Gasteiger partial charge in [-0.2, -0.15) is 0 Å². The summed E-state index contributed by atoms with van der Waals surface area (Å²) in [5.74, 6) is 2.17. The zero-order valence-corrected chi connectivity index (χ0v) is 12.3. The summed E-state index contributed by atoms with van der Waals surface area (Å²) in [4.78, 5) is 0. The molecular weight excluding hydrogens is 258 g/mol. The summed E-state index contributed by atoms with van der Waals surface area (Å²) >= 11 is 0. The number of hydrogen-bond acceptors (Lipinski definition) is 5. The molecule has 1 saturated heterocycles. The number of ether oxygens (including phenoxy) is 4. The molecule has 1 aromatic rings. The fourth-order valence-electron chi connectivity index (χ4n) is 2.35. The first-order chi connectivity index (χ1) is 9.76. The van der Waals surface area contributed by atoms with Crippen LogP contribution < -0.4 is 19.5 Å². The van der Waals surface area contributed by atoms with E-state index in [1.807, 2.05) is 18.2 Å². The van der Waals surface area contributed by atoms with Gasteiger partial charge < -0.3 is 24.3 Å². The number of nitrogens with one attached hydrogen (secondary N) is 1.